The zero-order chi connectivity index (χ0) is 13.5. The highest BCUT2D eigenvalue weighted by Crippen LogP contribution is 2.24. The second kappa shape index (κ2) is 10.7. The van der Waals surface area contributed by atoms with Crippen LogP contribution in [0.5, 0.6) is 5.75 Å². The van der Waals surface area contributed by atoms with Gasteiger partial charge in [-0.05, 0) is 19.9 Å². The number of aliphatic hydroxyl groups excluding tert-OH is 1. The summed E-state index contributed by atoms with van der Waals surface area (Å²) in [5, 5.41) is 18.9. The van der Waals surface area contributed by atoms with Crippen molar-refractivity contribution in [2.75, 3.05) is 6.54 Å². The monoisotopic (exact) mass is 326 g/mol. The molecule has 0 aliphatic heterocycles. The molecular formula is C12H20Cl2N2O4. The van der Waals surface area contributed by atoms with Gasteiger partial charge in [-0.1, -0.05) is 0 Å². The predicted molar refractivity (Wildman–Crippen MR) is 79.1 cm³/mol. The third-order valence-electron chi connectivity index (χ3n) is 2.56. The maximum absolute atomic E-state index is 11.3. The molecule has 4 N–H and O–H groups in total. The van der Waals surface area contributed by atoms with E-state index in [-0.39, 0.29) is 56.2 Å². The molecule has 0 radical (unpaired) electrons. The van der Waals surface area contributed by atoms with Crippen molar-refractivity contribution in [3.8, 4) is 5.75 Å². The van der Waals surface area contributed by atoms with Gasteiger partial charge in [0.2, 0.25) is 0 Å². The first-order chi connectivity index (χ1) is 8.60. The number of aryl methyl sites for hydroxylation is 1. The lowest BCUT2D eigenvalue weighted by Crippen LogP contribution is -2.09. The average molecular weight is 327 g/mol. The number of aromatic hydroxyl groups is 1. The number of nitrogens with zero attached hydrogens (tertiary/aromatic N) is 1. The fourth-order valence-electron chi connectivity index (χ4n) is 1.46. The maximum Gasteiger partial charge on any atom is 0.306 e. The molecule has 1 aromatic rings. The van der Waals surface area contributed by atoms with Crippen LogP contribution in [0.3, 0.4) is 0 Å². The smallest absolute Gasteiger partial charge is 0.306 e. The first-order valence-electron chi connectivity index (χ1n) is 5.73. The van der Waals surface area contributed by atoms with E-state index in [1.54, 1.807) is 6.92 Å². The van der Waals surface area contributed by atoms with Gasteiger partial charge in [0.25, 0.3) is 0 Å². The number of aliphatic hydroxyl groups is 1. The van der Waals surface area contributed by atoms with Gasteiger partial charge < -0.3 is 20.7 Å². The number of carbonyl (C=O) groups is 1. The van der Waals surface area contributed by atoms with Crippen LogP contribution in [-0.4, -0.2) is 27.7 Å². The molecule has 0 aliphatic rings. The Labute approximate surface area is 130 Å². The second-order valence-corrected chi connectivity index (χ2v) is 3.91. The van der Waals surface area contributed by atoms with Gasteiger partial charge in [0, 0.05) is 23.7 Å². The summed E-state index contributed by atoms with van der Waals surface area (Å²) < 4.78 is 5.01. The Balaban J connectivity index is 0. The fraction of sp³-hybridized carbons (Fsp3) is 0.500. The molecular weight excluding hydrogens is 307 g/mol. The summed E-state index contributed by atoms with van der Waals surface area (Å²) in [6.07, 6.45) is 2.32. The standard InChI is InChI=1S/C12H18N2O4.2ClH/c1-8-12(17)10(6-15)9(5-14-8)7-18-11(16)3-2-4-13;;/h5,15,17H,2-4,6-7,13H2,1H3;2*1H. The van der Waals surface area contributed by atoms with E-state index < -0.39 is 0 Å². The molecule has 0 amide bonds. The number of hydrogen-bond donors (Lipinski definition) is 3. The molecule has 1 heterocycles. The highest BCUT2D eigenvalue weighted by atomic mass is 35.5. The highest BCUT2D eigenvalue weighted by molar-refractivity contribution is 5.85. The number of hydrogen-bond acceptors (Lipinski definition) is 6. The number of halogens is 2. The molecule has 116 valence electrons. The van der Waals surface area contributed by atoms with Gasteiger partial charge in [0.05, 0.1) is 12.3 Å². The Bertz CT molecular complexity index is 430. The number of carbonyl (C=O) groups excluding carboxylic acids is 1. The first-order valence-corrected chi connectivity index (χ1v) is 5.73. The molecule has 6 nitrogen and oxygen atoms in total. The van der Waals surface area contributed by atoms with Gasteiger partial charge in [-0.3, -0.25) is 9.78 Å². The molecule has 0 fully saturated rings. The molecule has 0 bridgehead atoms. The minimum atomic E-state index is -0.357. The van der Waals surface area contributed by atoms with E-state index >= 15 is 0 Å². The van der Waals surface area contributed by atoms with Crippen molar-refractivity contribution >= 4 is 30.8 Å². The van der Waals surface area contributed by atoms with Crippen molar-refractivity contribution in [1.82, 2.24) is 4.98 Å². The van der Waals surface area contributed by atoms with Gasteiger partial charge in [-0.15, -0.1) is 24.8 Å². The quantitative estimate of drug-likeness (QED) is 0.678. The number of nitrogens with two attached hydrogens (primary N) is 1. The third-order valence-corrected chi connectivity index (χ3v) is 2.56. The van der Waals surface area contributed by atoms with E-state index in [0.717, 1.165) is 0 Å². The van der Waals surface area contributed by atoms with Crippen molar-refractivity contribution in [3.63, 3.8) is 0 Å². The average Bonchev–Trinajstić information content (AvgIpc) is 2.37. The fourth-order valence-corrected chi connectivity index (χ4v) is 1.46. The van der Waals surface area contributed by atoms with Crippen molar-refractivity contribution in [3.05, 3.63) is 23.0 Å². The number of rotatable bonds is 6. The van der Waals surface area contributed by atoms with Crippen LogP contribution in [0.2, 0.25) is 0 Å². The number of esters is 1. The summed E-state index contributed by atoms with van der Waals surface area (Å²) >= 11 is 0. The van der Waals surface area contributed by atoms with Crippen molar-refractivity contribution < 1.29 is 19.7 Å². The van der Waals surface area contributed by atoms with Crippen LogP contribution in [0, 0.1) is 6.92 Å². The molecule has 0 aromatic carbocycles. The Hall–Kier alpha value is -1.08. The van der Waals surface area contributed by atoms with E-state index in [2.05, 4.69) is 4.98 Å². The number of ether oxygens (including phenoxy) is 1. The Morgan fingerprint density at radius 2 is 2.10 bits per heavy atom. The lowest BCUT2D eigenvalue weighted by atomic mass is 10.1. The van der Waals surface area contributed by atoms with Gasteiger partial charge in [-0.2, -0.15) is 0 Å². The van der Waals surface area contributed by atoms with Gasteiger partial charge in [0.1, 0.15) is 12.4 Å². The minimum absolute atomic E-state index is 0. The van der Waals surface area contributed by atoms with Crippen LogP contribution >= 0.6 is 24.8 Å². The number of aromatic nitrogens is 1. The first kappa shape index (κ1) is 21.2. The van der Waals surface area contributed by atoms with Crippen LogP contribution in [0.4, 0.5) is 0 Å². The summed E-state index contributed by atoms with van der Waals surface area (Å²) in [5.41, 5.74) is 6.55. The Morgan fingerprint density at radius 1 is 1.45 bits per heavy atom. The maximum atomic E-state index is 11.3. The Morgan fingerprint density at radius 3 is 2.65 bits per heavy atom. The second-order valence-electron chi connectivity index (χ2n) is 3.91. The molecule has 0 saturated heterocycles. The van der Waals surface area contributed by atoms with E-state index in [0.29, 0.717) is 29.8 Å². The normalized spacial score (nSPS) is 9.35. The van der Waals surface area contributed by atoms with E-state index in [4.69, 9.17) is 10.5 Å². The lowest BCUT2D eigenvalue weighted by molar-refractivity contribution is -0.145. The van der Waals surface area contributed by atoms with Crippen molar-refractivity contribution in [1.29, 1.82) is 0 Å². The van der Waals surface area contributed by atoms with Crippen LogP contribution in [0.25, 0.3) is 0 Å². The van der Waals surface area contributed by atoms with Gasteiger partial charge in [-0.25, -0.2) is 0 Å². The molecule has 20 heavy (non-hydrogen) atoms. The summed E-state index contributed by atoms with van der Waals surface area (Å²) in [4.78, 5) is 15.3. The zero-order valence-electron chi connectivity index (χ0n) is 11.2. The molecule has 1 aromatic heterocycles. The van der Waals surface area contributed by atoms with Gasteiger partial charge in [0.15, 0.2) is 0 Å². The summed E-state index contributed by atoms with van der Waals surface area (Å²) in [6, 6.07) is 0. The Kier molecular flexibility index (Phi) is 11.3. The summed E-state index contributed by atoms with van der Waals surface area (Å²) in [6.45, 7) is 1.72. The topological polar surface area (TPSA) is 106 Å². The highest BCUT2D eigenvalue weighted by Gasteiger charge is 2.12. The third kappa shape index (κ3) is 5.92. The minimum Gasteiger partial charge on any atom is -0.506 e. The lowest BCUT2D eigenvalue weighted by Gasteiger charge is -2.11. The SMILES string of the molecule is Cc1ncc(COC(=O)CCCN)c(CO)c1O.Cl.Cl. The molecule has 1 rings (SSSR count). The molecule has 0 spiro atoms. The van der Waals surface area contributed by atoms with Crippen LogP contribution < -0.4 is 5.73 Å². The van der Waals surface area contributed by atoms with Crippen LogP contribution in [0.1, 0.15) is 29.7 Å². The molecule has 0 aliphatic carbocycles. The summed E-state index contributed by atoms with van der Waals surface area (Å²) in [5.74, 6) is -0.419. The molecule has 8 heteroatoms. The van der Waals surface area contributed by atoms with E-state index in [1.165, 1.54) is 6.20 Å². The number of pyridine rings is 1. The van der Waals surface area contributed by atoms with Crippen molar-refractivity contribution in [2.24, 2.45) is 5.73 Å². The van der Waals surface area contributed by atoms with E-state index in [9.17, 15) is 15.0 Å². The predicted octanol–water partition coefficient (Wildman–Crippen LogP) is 1.21. The van der Waals surface area contributed by atoms with E-state index in [1.807, 2.05) is 0 Å². The molecule has 0 unspecified atom stereocenters. The zero-order valence-corrected chi connectivity index (χ0v) is 12.8. The largest absolute Gasteiger partial charge is 0.506 e. The van der Waals surface area contributed by atoms with Crippen LogP contribution in [0.15, 0.2) is 6.20 Å². The van der Waals surface area contributed by atoms with Gasteiger partial charge >= 0.3 is 5.97 Å². The van der Waals surface area contributed by atoms with Crippen molar-refractivity contribution in [2.45, 2.75) is 33.0 Å². The molecule has 0 saturated carbocycles. The summed E-state index contributed by atoms with van der Waals surface area (Å²) in [7, 11) is 0. The molecule has 0 atom stereocenters. The van der Waals surface area contributed by atoms with Crippen LogP contribution in [-0.2, 0) is 22.7 Å².